The molecule has 1 atom stereocenters. The molecule has 4 aromatic carbocycles. The molecule has 0 aliphatic carbocycles. The van der Waals surface area contributed by atoms with Gasteiger partial charge >= 0.3 is 0 Å². The van der Waals surface area contributed by atoms with Gasteiger partial charge in [0.1, 0.15) is 18.4 Å². The summed E-state index contributed by atoms with van der Waals surface area (Å²) in [6.07, 6.45) is 7.12. The smallest absolute Gasteiger partial charge is 0.224 e. The third kappa shape index (κ3) is 4.90. The molecule has 4 heterocycles. The maximum Gasteiger partial charge on any atom is 0.224 e. The van der Waals surface area contributed by atoms with Gasteiger partial charge in [0.05, 0.1) is 16.1 Å². The van der Waals surface area contributed by atoms with E-state index in [0.717, 1.165) is 66.7 Å². The van der Waals surface area contributed by atoms with Crippen molar-refractivity contribution in [3.63, 3.8) is 0 Å². The molecule has 0 fully saturated rings. The number of ether oxygens (including phenoxy) is 1. The summed E-state index contributed by atoms with van der Waals surface area (Å²) < 4.78 is 8.99. The van der Waals surface area contributed by atoms with Gasteiger partial charge in [-0.25, -0.2) is 0 Å². The first kappa shape index (κ1) is 27.7. The molecule has 2 N–H and O–H groups in total. The van der Waals surface area contributed by atoms with Gasteiger partial charge in [-0.1, -0.05) is 54.2 Å². The van der Waals surface area contributed by atoms with Crippen molar-refractivity contribution in [1.29, 1.82) is 0 Å². The van der Waals surface area contributed by atoms with E-state index in [9.17, 15) is 9.59 Å². The number of rotatable bonds is 9. The number of pyridine rings is 1. The quantitative estimate of drug-likeness (QED) is 0.102. The monoisotopic (exact) mass is 613 g/mol. The average molecular weight is 614 g/mol. The van der Waals surface area contributed by atoms with Crippen molar-refractivity contribution >= 4 is 68.4 Å². The molecule has 0 bridgehead atoms. The summed E-state index contributed by atoms with van der Waals surface area (Å²) in [6, 6.07) is 28.8. The molecule has 8 rings (SSSR count). The minimum atomic E-state index is 0.000163. The minimum absolute atomic E-state index is 0.000163. The number of hydrogen-bond acceptors (Lipinski definition) is 5. The molecule has 3 aliphatic rings. The van der Waals surface area contributed by atoms with E-state index in [-0.39, 0.29) is 12.0 Å². The van der Waals surface area contributed by atoms with Crippen LogP contribution in [0.25, 0.3) is 27.2 Å². The van der Waals surface area contributed by atoms with Crippen molar-refractivity contribution in [1.82, 2.24) is 0 Å². The third-order valence-corrected chi connectivity index (χ3v) is 10.3. The normalized spacial score (nSPS) is 16.2. The molecule has 0 saturated heterocycles. The number of thioether (sulfide) groups is 1. The molecule has 8 heteroatoms. The Kier molecular flexibility index (Phi) is 7.14. The van der Waals surface area contributed by atoms with E-state index in [1.807, 2.05) is 48.2 Å². The largest absolute Gasteiger partial charge is 0.485 e. The lowest BCUT2D eigenvalue weighted by molar-refractivity contribution is -0.671. The van der Waals surface area contributed by atoms with Crippen molar-refractivity contribution in [3.05, 3.63) is 102 Å². The van der Waals surface area contributed by atoms with E-state index in [1.54, 1.807) is 0 Å². The van der Waals surface area contributed by atoms with Gasteiger partial charge in [0.15, 0.2) is 6.20 Å². The van der Waals surface area contributed by atoms with Crippen LogP contribution in [0.2, 0.25) is 0 Å². The molecular weight excluding hydrogens is 580 g/mol. The summed E-state index contributed by atoms with van der Waals surface area (Å²) in [6.45, 7) is 1.84. The molecule has 0 saturated carbocycles. The fourth-order valence-corrected chi connectivity index (χ4v) is 8.26. The van der Waals surface area contributed by atoms with Crippen molar-refractivity contribution in [3.8, 4) is 5.75 Å². The van der Waals surface area contributed by atoms with E-state index >= 15 is 0 Å². The van der Waals surface area contributed by atoms with Crippen molar-refractivity contribution in [2.24, 2.45) is 0 Å². The average Bonchev–Trinajstić information content (AvgIpc) is 3.45. The Bertz CT molecular complexity index is 2020. The van der Waals surface area contributed by atoms with Crippen molar-refractivity contribution < 1.29 is 18.9 Å². The molecule has 45 heavy (non-hydrogen) atoms. The zero-order chi connectivity index (χ0) is 30.3. The molecular formula is C37H33N4O3S+. The Morgan fingerprint density at radius 2 is 1.76 bits per heavy atom. The predicted octanol–water partition coefficient (Wildman–Crippen LogP) is 7.49. The zero-order valence-corrected chi connectivity index (χ0v) is 25.6. The number of benzene rings is 4. The molecule has 0 radical (unpaired) electrons. The van der Waals surface area contributed by atoms with E-state index in [1.165, 1.54) is 37.7 Å². The number of amides is 2. The number of carbonyl (C=O) groups excluding carboxylic acids is 2. The Hall–Kier alpha value is -4.82. The molecule has 1 aromatic heterocycles. The Labute approximate surface area is 265 Å². The molecule has 5 aromatic rings. The van der Waals surface area contributed by atoms with Crippen LogP contribution in [0.15, 0.2) is 101 Å². The van der Waals surface area contributed by atoms with Crippen molar-refractivity contribution in [2.75, 3.05) is 22.1 Å². The highest BCUT2D eigenvalue weighted by Gasteiger charge is 2.40. The Morgan fingerprint density at radius 3 is 2.64 bits per heavy atom. The van der Waals surface area contributed by atoms with E-state index in [2.05, 4.69) is 74.8 Å². The number of nitrogens with one attached hydrogen (secondary N) is 2. The van der Waals surface area contributed by atoms with Crippen LogP contribution in [0.5, 0.6) is 5.75 Å². The van der Waals surface area contributed by atoms with Gasteiger partial charge in [-0.2, -0.15) is 4.57 Å². The first-order valence-corrected chi connectivity index (χ1v) is 16.4. The predicted molar refractivity (Wildman–Crippen MR) is 180 cm³/mol. The standard InChI is InChI=1S/C37H32N4O3S/c42-23-38-27-16-17-28(25-10-4-3-9-24(25)27)39-34(43)15-2-1-7-20-40-21-18-26-35-30(40)12-8-13-31(35)44-32-19-22-41-29-11-5-6-14-33(29)45-37(41)36(26)32/h3-6,8-14,16-18,21,23,32H,1-2,7,15,19-20,22H2,(H-,38,39,42,43)/p+1. The Balaban J connectivity index is 0.948. The summed E-state index contributed by atoms with van der Waals surface area (Å²) in [5.74, 6) is 0.972. The topological polar surface area (TPSA) is 74.5 Å². The summed E-state index contributed by atoms with van der Waals surface area (Å²) >= 11 is 1.86. The summed E-state index contributed by atoms with van der Waals surface area (Å²) in [5, 5.41) is 10.1. The van der Waals surface area contributed by atoms with Crippen LogP contribution in [0.3, 0.4) is 0 Å². The van der Waals surface area contributed by atoms with Gasteiger partial charge in [0.2, 0.25) is 17.8 Å². The fraction of sp³-hybridized carbons (Fsp3) is 0.216. The second-order valence-electron chi connectivity index (χ2n) is 11.7. The fourth-order valence-electron chi connectivity index (χ4n) is 6.98. The highest BCUT2D eigenvalue weighted by molar-refractivity contribution is 8.04. The highest BCUT2D eigenvalue weighted by Crippen LogP contribution is 2.54. The van der Waals surface area contributed by atoms with Crippen molar-refractivity contribution in [2.45, 2.75) is 49.6 Å². The number of fused-ring (bicyclic) bond motifs is 6. The Morgan fingerprint density at radius 1 is 0.933 bits per heavy atom. The molecule has 3 aliphatic heterocycles. The van der Waals surface area contributed by atoms with Gasteiger partial charge in [-0.15, -0.1) is 0 Å². The lowest BCUT2D eigenvalue weighted by Crippen LogP contribution is -2.38. The van der Waals surface area contributed by atoms with Crippen LogP contribution in [0, 0.1) is 0 Å². The number of hydrogen-bond donors (Lipinski definition) is 2. The zero-order valence-electron chi connectivity index (χ0n) is 24.8. The highest BCUT2D eigenvalue weighted by atomic mass is 32.2. The van der Waals surface area contributed by atoms with Crippen LogP contribution in [0.1, 0.15) is 37.7 Å². The summed E-state index contributed by atoms with van der Waals surface area (Å²) in [7, 11) is 0. The molecule has 2 amide bonds. The van der Waals surface area contributed by atoms with Crippen LogP contribution >= 0.6 is 11.8 Å². The summed E-state index contributed by atoms with van der Waals surface area (Å²) in [5.41, 5.74) is 6.57. The lowest BCUT2D eigenvalue weighted by Gasteiger charge is -2.37. The number of aromatic nitrogens is 1. The van der Waals surface area contributed by atoms with Crippen LogP contribution in [-0.2, 0) is 16.1 Å². The number of carbonyl (C=O) groups is 2. The summed E-state index contributed by atoms with van der Waals surface area (Å²) in [4.78, 5) is 27.6. The van der Waals surface area contributed by atoms with E-state index in [4.69, 9.17) is 4.74 Å². The second-order valence-corrected chi connectivity index (χ2v) is 12.8. The van der Waals surface area contributed by atoms with Crippen LogP contribution < -0.4 is 24.8 Å². The van der Waals surface area contributed by atoms with E-state index < -0.39 is 0 Å². The van der Waals surface area contributed by atoms with Gasteiger partial charge in [-0.3, -0.25) is 9.59 Å². The van der Waals surface area contributed by atoms with Gasteiger partial charge in [0, 0.05) is 76.1 Å². The molecule has 1 unspecified atom stereocenters. The maximum absolute atomic E-state index is 12.8. The van der Waals surface area contributed by atoms with Gasteiger partial charge in [-0.05, 0) is 43.2 Å². The lowest BCUT2D eigenvalue weighted by atomic mass is 9.90. The third-order valence-electron chi connectivity index (χ3n) is 9.05. The number of unbranched alkanes of at least 4 members (excludes halogenated alkanes) is 2. The first-order chi connectivity index (χ1) is 22.2. The number of nitrogens with zero attached hydrogens (tertiary/aromatic N) is 2. The first-order valence-electron chi connectivity index (χ1n) is 15.6. The number of aryl methyl sites for hydroxylation is 1. The maximum atomic E-state index is 12.8. The van der Waals surface area contributed by atoms with Gasteiger partial charge in [0.25, 0.3) is 0 Å². The number of anilines is 3. The minimum Gasteiger partial charge on any atom is -0.485 e. The second kappa shape index (κ2) is 11.6. The molecule has 7 nitrogen and oxygen atoms in total. The molecule has 224 valence electrons. The number of para-hydroxylation sites is 1. The molecule has 0 spiro atoms. The van der Waals surface area contributed by atoms with Crippen LogP contribution in [0.4, 0.5) is 17.1 Å². The SMILES string of the molecule is O=CNc1ccc(NC(=O)CCCCC[n+]2ccc3c4c(cccc42)OC2CCN4C(=C32)Sc2ccccc24)c2ccccc12. The van der Waals surface area contributed by atoms with Gasteiger partial charge < -0.3 is 20.3 Å². The van der Waals surface area contributed by atoms with E-state index in [0.29, 0.717) is 12.8 Å². The van der Waals surface area contributed by atoms with Crippen LogP contribution in [-0.4, -0.2) is 25.0 Å².